The number of hydrogen-bond donors (Lipinski definition) is 2. The molecule has 2 aromatic rings. The summed E-state index contributed by atoms with van der Waals surface area (Å²) in [6.07, 6.45) is -3.38. The molecular weight excluding hydrogens is 463 g/mol. The number of sulfonamides is 1. The number of rotatable bonds is 6. The lowest BCUT2D eigenvalue weighted by molar-refractivity contribution is -0.151. The average Bonchev–Trinajstić information content (AvgIpc) is 2.91. The molecular formula is C15H14Cl2F4N4O3S. The maximum atomic E-state index is 13.9. The smallest absolute Gasteiger partial charge is 0.344 e. The first kappa shape index (κ1) is 23.4. The number of hydrogen-bond acceptors (Lipinski definition) is 4. The Morgan fingerprint density at radius 3 is 2.52 bits per heavy atom. The highest BCUT2D eigenvalue weighted by molar-refractivity contribution is 7.89. The van der Waals surface area contributed by atoms with Crippen LogP contribution < -0.4 is 10.0 Å². The Balaban J connectivity index is 2.39. The Kier molecular flexibility index (Phi) is 6.82. The Bertz CT molecular complexity index is 1040. The molecule has 7 nitrogen and oxygen atoms in total. The van der Waals surface area contributed by atoms with Crippen molar-refractivity contribution in [3.05, 3.63) is 40.1 Å². The molecule has 0 aliphatic heterocycles. The predicted molar refractivity (Wildman–Crippen MR) is 98.0 cm³/mol. The van der Waals surface area contributed by atoms with Crippen LogP contribution in [0.25, 0.3) is 0 Å². The number of aromatic nitrogens is 2. The van der Waals surface area contributed by atoms with Gasteiger partial charge in [-0.2, -0.15) is 17.9 Å². The summed E-state index contributed by atoms with van der Waals surface area (Å²) >= 11 is 11.5. The van der Waals surface area contributed by atoms with E-state index in [1.807, 2.05) is 0 Å². The summed E-state index contributed by atoms with van der Waals surface area (Å²) in [4.78, 5) is 15.2. The molecule has 2 rings (SSSR count). The van der Waals surface area contributed by atoms with Gasteiger partial charge >= 0.3 is 6.18 Å². The number of carbonyl (C=O) groups excluding carboxylic acids is 1. The monoisotopic (exact) mass is 476 g/mol. The van der Waals surface area contributed by atoms with Gasteiger partial charge in [0.25, 0.3) is 5.91 Å². The summed E-state index contributed by atoms with van der Waals surface area (Å²) in [5.74, 6) is -2.04. The molecule has 0 aromatic carbocycles. The zero-order valence-electron chi connectivity index (χ0n) is 14.8. The number of aryl methyl sites for hydroxylation is 1. The van der Waals surface area contributed by atoms with E-state index in [0.29, 0.717) is 0 Å². The normalized spacial score (nSPS) is 13.4. The third-order valence-corrected chi connectivity index (χ3v) is 6.03. The number of nitrogens with one attached hydrogen (secondary N) is 2. The van der Waals surface area contributed by atoms with E-state index in [2.05, 4.69) is 10.3 Å². The van der Waals surface area contributed by atoms with Crippen LogP contribution >= 0.6 is 23.2 Å². The van der Waals surface area contributed by atoms with Gasteiger partial charge in [-0.05, 0) is 12.5 Å². The van der Waals surface area contributed by atoms with Crippen molar-refractivity contribution < 1.29 is 30.8 Å². The first-order valence-corrected chi connectivity index (χ1v) is 10.1. The molecule has 0 bridgehead atoms. The second kappa shape index (κ2) is 8.46. The highest BCUT2D eigenvalue weighted by atomic mass is 35.5. The largest absolute Gasteiger partial charge is 0.404 e. The summed E-state index contributed by atoms with van der Waals surface area (Å²) < 4.78 is 79.9. The molecule has 2 aromatic heterocycles. The number of anilines is 1. The minimum Gasteiger partial charge on any atom is -0.344 e. The van der Waals surface area contributed by atoms with E-state index in [1.54, 1.807) is 0 Å². The van der Waals surface area contributed by atoms with Gasteiger partial charge in [-0.15, -0.1) is 0 Å². The Hall–Kier alpha value is -1.89. The van der Waals surface area contributed by atoms with E-state index in [4.69, 9.17) is 23.2 Å². The number of nitrogens with zero attached hydrogens (tertiary/aromatic N) is 2. The molecule has 0 spiro atoms. The highest BCUT2D eigenvalue weighted by Gasteiger charge is 2.42. The van der Waals surface area contributed by atoms with Gasteiger partial charge in [0.05, 0.1) is 10.7 Å². The first-order valence-electron chi connectivity index (χ1n) is 7.84. The van der Waals surface area contributed by atoms with E-state index in [9.17, 15) is 30.8 Å². The molecule has 0 fully saturated rings. The highest BCUT2D eigenvalue weighted by Crippen LogP contribution is 2.30. The van der Waals surface area contributed by atoms with Crippen molar-refractivity contribution in [2.45, 2.75) is 30.5 Å². The van der Waals surface area contributed by atoms with Gasteiger partial charge in [0.1, 0.15) is 16.6 Å². The van der Waals surface area contributed by atoms with Crippen molar-refractivity contribution in [2.24, 2.45) is 7.05 Å². The van der Waals surface area contributed by atoms with Gasteiger partial charge < -0.3 is 9.88 Å². The SMILES string of the molecule is CC[C@@H](NS(=O)(=O)c1cn(C)c(C(=O)Nc2ccnc(Cl)c2F)c1Cl)C(F)(F)F. The third-order valence-electron chi connectivity index (χ3n) is 3.79. The fourth-order valence-electron chi connectivity index (χ4n) is 2.34. The van der Waals surface area contributed by atoms with Crippen LogP contribution in [0.15, 0.2) is 23.4 Å². The van der Waals surface area contributed by atoms with Gasteiger partial charge in [0.15, 0.2) is 11.0 Å². The van der Waals surface area contributed by atoms with Crippen LogP contribution in [0, 0.1) is 5.82 Å². The lowest BCUT2D eigenvalue weighted by Crippen LogP contribution is -2.44. The lowest BCUT2D eigenvalue weighted by atomic mass is 10.2. The van der Waals surface area contributed by atoms with E-state index < -0.39 is 61.2 Å². The first-order chi connectivity index (χ1) is 13.3. The van der Waals surface area contributed by atoms with Gasteiger partial charge in [-0.25, -0.2) is 17.8 Å². The molecule has 1 atom stereocenters. The molecule has 2 N–H and O–H groups in total. The standard InChI is InChI=1S/C15H14Cl2F4N4O3S/c1-3-9(15(19,20)21)24-29(27,28)8-6-25(2)12(10(8)16)14(26)23-7-4-5-22-13(17)11(7)18/h4-6,9,24H,3H2,1-2H3,(H,22,23,26)/t9-/m1/s1. The molecule has 0 saturated heterocycles. The van der Waals surface area contributed by atoms with Gasteiger partial charge in [0.2, 0.25) is 10.0 Å². The molecule has 0 saturated carbocycles. The van der Waals surface area contributed by atoms with Crippen molar-refractivity contribution in [3.8, 4) is 0 Å². The van der Waals surface area contributed by atoms with E-state index in [1.165, 1.54) is 11.8 Å². The van der Waals surface area contributed by atoms with E-state index in [-0.39, 0.29) is 5.69 Å². The minimum atomic E-state index is -4.82. The summed E-state index contributed by atoms with van der Waals surface area (Å²) in [5.41, 5.74) is -0.766. The van der Waals surface area contributed by atoms with Crippen molar-refractivity contribution >= 4 is 44.8 Å². The van der Waals surface area contributed by atoms with Crippen LogP contribution in [0.5, 0.6) is 0 Å². The van der Waals surface area contributed by atoms with Crippen molar-refractivity contribution in [1.29, 1.82) is 0 Å². The molecule has 0 unspecified atom stereocenters. The lowest BCUT2D eigenvalue weighted by Gasteiger charge is -2.19. The number of carbonyl (C=O) groups is 1. The summed E-state index contributed by atoms with van der Waals surface area (Å²) in [7, 11) is -3.47. The van der Waals surface area contributed by atoms with Crippen LogP contribution in [-0.4, -0.2) is 36.1 Å². The molecule has 160 valence electrons. The third kappa shape index (κ3) is 5.00. The Morgan fingerprint density at radius 1 is 1.34 bits per heavy atom. The van der Waals surface area contributed by atoms with Crippen LogP contribution in [0.4, 0.5) is 23.2 Å². The molecule has 0 aliphatic carbocycles. The minimum absolute atomic E-state index is 0.349. The number of pyridine rings is 1. The van der Waals surface area contributed by atoms with Gasteiger partial charge in [-0.3, -0.25) is 4.79 Å². The molecule has 29 heavy (non-hydrogen) atoms. The summed E-state index contributed by atoms with van der Waals surface area (Å²) in [6, 6.07) is -1.24. The molecule has 1 amide bonds. The molecule has 0 radical (unpaired) electrons. The van der Waals surface area contributed by atoms with E-state index in [0.717, 1.165) is 30.0 Å². The van der Waals surface area contributed by atoms with Gasteiger partial charge in [0, 0.05) is 19.4 Å². The average molecular weight is 477 g/mol. The Morgan fingerprint density at radius 2 is 1.97 bits per heavy atom. The maximum absolute atomic E-state index is 13.9. The van der Waals surface area contributed by atoms with Gasteiger partial charge in [-0.1, -0.05) is 30.1 Å². The number of alkyl halides is 3. The zero-order chi connectivity index (χ0) is 22.1. The fraction of sp³-hybridized carbons (Fsp3) is 0.333. The van der Waals surface area contributed by atoms with Crippen LogP contribution in [-0.2, 0) is 17.1 Å². The second-order valence-electron chi connectivity index (χ2n) is 5.81. The second-order valence-corrected chi connectivity index (χ2v) is 8.23. The quantitative estimate of drug-likeness (QED) is 0.490. The Labute approximate surface area is 173 Å². The van der Waals surface area contributed by atoms with Crippen molar-refractivity contribution in [3.63, 3.8) is 0 Å². The molecule has 14 heteroatoms. The number of halogens is 6. The zero-order valence-corrected chi connectivity index (χ0v) is 17.1. The molecule has 0 aliphatic rings. The van der Waals surface area contributed by atoms with Crippen LogP contribution in [0.2, 0.25) is 10.2 Å². The van der Waals surface area contributed by atoms with Crippen molar-refractivity contribution in [2.75, 3.05) is 5.32 Å². The fourth-order valence-corrected chi connectivity index (χ4v) is 4.51. The predicted octanol–water partition coefficient (Wildman–Crippen LogP) is 3.74. The summed E-state index contributed by atoms with van der Waals surface area (Å²) in [5, 5.41) is 1.01. The molecule has 2 heterocycles. The van der Waals surface area contributed by atoms with Crippen LogP contribution in [0.1, 0.15) is 23.8 Å². The van der Waals surface area contributed by atoms with Crippen molar-refractivity contribution in [1.82, 2.24) is 14.3 Å². The number of amides is 1. The topological polar surface area (TPSA) is 93.1 Å². The summed E-state index contributed by atoms with van der Waals surface area (Å²) in [6.45, 7) is 1.15. The van der Waals surface area contributed by atoms with E-state index >= 15 is 0 Å². The van der Waals surface area contributed by atoms with Crippen LogP contribution in [0.3, 0.4) is 0 Å². The maximum Gasteiger partial charge on any atom is 0.404 e.